The molecule has 1 aromatic carbocycles. The van der Waals surface area contributed by atoms with E-state index < -0.39 is 0 Å². The quantitative estimate of drug-likeness (QED) is 0.833. The largest absolute Gasteiger partial charge is 0.377 e. The van der Waals surface area contributed by atoms with E-state index in [1.165, 1.54) is 16.0 Å². The third-order valence-electron chi connectivity index (χ3n) is 2.68. The van der Waals surface area contributed by atoms with Gasteiger partial charge in [0, 0.05) is 30.8 Å². The second kappa shape index (κ2) is 7.26. The van der Waals surface area contributed by atoms with Crippen LogP contribution in [0.15, 0.2) is 36.0 Å². The Labute approximate surface area is 112 Å². The van der Waals surface area contributed by atoms with Gasteiger partial charge in [0.25, 0.3) is 0 Å². The van der Waals surface area contributed by atoms with E-state index in [2.05, 4.69) is 34.6 Å². The number of benzene rings is 1. The number of ether oxygens (including phenoxy) is 1. The third-order valence-corrected chi connectivity index (χ3v) is 3.46. The van der Waals surface area contributed by atoms with Crippen LogP contribution in [0.4, 0.5) is 0 Å². The summed E-state index contributed by atoms with van der Waals surface area (Å²) in [5.41, 5.74) is 4.42. The van der Waals surface area contributed by atoms with Gasteiger partial charge in [0.15, 0.2) is 0 Å². The van der Waals surface area contributed by atoms with E-state index in [0.717, 1.165) is 19.7 Å². The van der Waals surface area contributed by atoms with Gasteiger partial charge in [-0.3, -0.25) is 4.98 Å². The highest BCUT2D eigenvalue weighted by Crippen LogP contribution is 2.11. The van der Waals surface area contributed by atoms with Crippen molar-refractivity contribution in [3.05, 3.63) is 52.0 Å². The van der Waals surface area contributed by atoms with Crippen molar-refractivity contribution in [2.24, 2.45) is 0 Å². The van der Waals surface area contributed by atoms with Crippen molar-refractivity contribution in [3.8, 4) is 0 Å². The summed E-state index contributed by atoms with van der Waals surface area (Å²) in [6.45, 7) is 5.19. The fraction of sp³-hybridized carbons (Fsp3) is 0.357. The smallest absolute Gasteiger partial charge is 0.0794 e. The molecule has 0 aliphatic carbocycles. The Morgan fingerprint density at radius 2 is 2.06 bits per heavy atom. The van der Waals surface area contributed by atoms with Gasteiger partial charge in [-0.2, -0.15) is 0 Å². The predicted octanol–water partition coefficient (Wildman–Crippen LogP) is 2.97. The van der Waals surface area contributed by atoms with Gasteiger partial charge >= 0.3 is 0 Å². The van der Waals surface area contributed by atoms with Crippen LogP contribution in [0.2, 0.25) is 0 Å². The number of aromatic nitrogens is 1. The van der Waals surface area contributed by atoms with Crippen molar-refractivity contribution in [1.82, 2.24) is 10.3 Å². The number of rotatable bonds is 7. The van der Waals surface area contributed by atoms with Gasteiger partial charge < -0.3 is 10.1 Å². The molecular formula is C14H18N2OS. The average molecular weight is 262 g/mol. The Kier molecular flexibility index (Phi) is 5.33. The molecule has 2 rings (SSSR count). The molecule has 0 aliphatic rings. The summed E-state index contributed by atoms with van der Waals surface area (Å²) >= 11 is 1.68. The minimum Gasteiger partial charge on any atom is -0.377 e. The molecule has 4 heteroatoms. The van der Waals surface area contributed by atoms with Crippen LogP contribution >= 0.6 is 11.3 Å². The maximum Gasteiger partial charge on any atom is 0.0794 e. The first-order valence-electron chi connectivity index (χ1n) is 6.12. The monoisotopic (exact) mass is 262 g/mol. The van der Waals surface area contributed by atoms with Crippen molar-refractivity contribution in [1.29, 1.82) is 0 Å². The standard InChI is InChI=1S/C14H18N2OS/c1-2-17-10-13-6-4-3-5-12(13)7-15-8-14-9-16-11-18-14/h3-6,9,11,15H,2,7-8,10H2,1H3. The topological polar surface area (TPSA) is 34.1 Å². The average Bonchev–Trinajstić information content (AvgIpc) is 2.91. The van der Waals surface area contributed by atoms with E-state index in [4.69, 9.17) is 4.74 Å². The summed E-state index contributed by atoms with van der Waals surface area (Å²) < 4.78 is 5.48. The zero-order valence-electron chi connectivity index (χ0n) is 10.6. The second-order valence-corrected chi connectivity index (χ2v) is 4.95. The van der Waals surface area contributed by atoms with E-state index in [0.29, 0.717) is 6.61 Å². The zero-order valence-corrected chi connectivity index (χ0v) is 11.4. The van der Waals surface area contributed by atoms with Crippen LogP contribution < -0.4 is 5.32 Å². The summed E-state index contributed by atoms with van der Waals surface area (Å²) in [4.78, 5) is 5.33. The van der Waals surface area contributed by atoms with Gasteiger partial charge in [0.2, 0.25) is 0 Å². The molecule has 1 N–H and O–H groups in total. The Morgan fingerprint density at radius 3 is 2.78 bits per heavy atom. The molecule has 0 spiro atoms. The molecule has 0 unspecified atom stereocenters. The highest BCUT2D eigenvalue weighted by atomic mass is 32.1. The molecule has 3 nitrogen and oxygen atoms in total. The number of nitrogens with zero attached hydrogens (tertiary/aromatic N) is 1. The van der Waals surface area contributed by atoms with Crippen molar-refractivity contribution >= 4 is 11.3 Å². The number of hydrogen-bond donors (Lipinski definition) is 1. The summed E-state index contributed by atoms with van der Waals surface area (Å²) in [5.74, 6) is 0. The van der Waals surface area contributed by atoms with Gasteiger partial charge in [-0.05, 0) is 18.1 Å². The Hall–Kier alpha value is -1.23. The lowest BCUT2D eigenvalue weighted by molar-refractivity contribution is 0.133. The van der Waals surface area contributed by atoms with Crippen LogP contribution in [-0.2, 0) is 24.4 Å². The first-order chi connectivity index (χ1) is 8.90. The van der Waals surface area contributed by atoms with E-state index in [9.17, 15) is 0 Å². The molecule has 0 bridgehead atoms. The van der Waals surface area contributed by atoms with E-state index in [-0.39, 0.29) is 0 Å². The fourth-order valence-electron chi connectivity index (χ4n) is 1.73. The summed E-state index contributed by atoms with van der Waals surface area (Å²) in [7, 11) is 0. The molecule has 0 saturated heterocycles. The Balaban J connectivity index is 1.87. The minimum atomic E-state index is 0.689. The van der Waals surface area contributed by atoms with Crippen LogP contribution in [0, 0.1) is 0 Å². The van der Waals surface area contributed by atoms with Crippen LogP contribution in [0.5, 0.6) is 0 Å². The zero-order chi connectivity index (χ0) is 12.6. The van der Waals surface area contributed by atoms with Crippen LogP contribution in [0.1, 0.15) is 22.9 Å². The Morgan fingerprint density at radius 1 is 1.22 bits per heavy atom. The number of thiazole rings is 1. The third kappa shape index (κ3) is 3.91. The highest BCUT2D eigenvalue weighted by Gasteiger charge is 2.01. The minimum absolute atomic E-state index is 0.689. The van der Waals surface area contributed by atoms with E-state index in [1.807, 2.05) is 18.6 Å². The maximum absolute atomic E-state index is 5.48. The lowest BCUT2D eigenvalue weighted by Gasteiger charge is -2.10. The van der Waals surface area contributed by atoms with Crippen molar-refractivity contribution in [2.75, 3.05) is 6.61 Å². The van der Waals surface area contributed by atoms with Crippen LogP contribution in [0.25, 0.3) is 0 Å². The molecule has 18 heavy (non-hydrogen) atoms. The number of nitrogens with one attached hydrogen (secondary N) is 1. The SMILES string of the molecule is CCOCc1ccccc1CNCc1cncs1. The fourth-order valence-corrected chi connectivity index (χ4v) is 2.30. The second-order valence-electron chi connectivity index (χ2n) is 3.98. The van der Waals surface area contributed by atoms with Gasteiger partial charge in [-0.1, -0.05) is 24.3 Å². The van der Waals surface area contributed by atoms with Gasteiger partial charge in [-0.25, -0.2) is 0 Å². The van der Waals surface area contributed by atoms with Crippen LogP contribution in [-0.4, -0.2) is 11.6 Å². The molecule has 1 heterocycles. The molecule has 0 fully saturated rings. The molecule has 0 amide bonds. The molecule has 0 saturated carbocycles. The van der Waals surface area contributed by atoms with E-state index >= 15 is 0 Å². The van der Waals surface area contributed by atoms with Crippen LogP contribution in [0.3, 0.4) is 0 Å². The summed E-state index contributed by atoms with van der Waals surface area (Å²) in [6, 6.07) is 8.40. The van der Waals surface area contributed by atoms with E-state index in [1.54, 1.807) is 11.3 Å². The normalized spacial score (nSPS) is 10.7. The molecular weight excluding hydrogens is 244 g/mol. The lowest BCUT2D eigenvalue weighted by Crippen LogP contribution is -2.13. The maximum atomic E-state index is 5.48. The molecule has 1 aromatic heterocycles. The molecule has 0 radical (unpaired) electrons. The summed E-state index contributed by atoms with van der Waals surface area (Å²) in [5, 5.41) is 3.44. The molecule has 0 aliphatic heterocycles. The highest BCUT2D eigenvalue weighted by molar-refractivity contribution is 7.09. The predicted molar refractivity (Wildman–Crippen MR) is 74.4 cm³/mol. The first kappa shape index (κ1) is 13.2. The molecule has 96 valence electrons. The Bertz CT molecular complexity index is 457. The van der Waals surface area contributed by atoms with Crippen molar-refractivity contribution in [3.63, 3.8) is 0 Å². The van der Waals surface area contributed by atoms with Gasteiger partial charge in [0.05, 0.1) is 12.1 Å². The van der Waals surface area contributed by atoms with Crippen molar-refractivity contribution < 1.29 is 4.74 Å². The molecule has 0 atom stereocenters. The van der Waals surface area contributed by atoms with Gasteiger partial charge in [-0.15, -0.1) is 11.3 Å². The molecule has 2 aromatic rings. The lowest BCUT2D eigenvalue weighted by atomic mass is 10.1. The summed E-state index contributed by atoms with van der Waals surface area (Å²) in [6.07, 6.45) is 1.91. The van der Waals surface area contributed by atoms with Crippen molar-refractivity contribution in [2.45, 2.75) is 26.6 Å². The van der Waals surface area contributed by atoms with Gasteiger partial charge in [0.1, 0.15) is 0 Å². The first-order valence-corrected chi connectivity index (χ1v) is 7.00. The number of hydrogen-bond acceptors (Lipinski definition) is 4.